The summed E-state index contributed by atoms with van der Waals surface area (Å²) >= 11 is 0. The van der Waals surface area contributed by atoms with E-state index in [4.69, 9.17) is 9.26 Å². The highest BCUT2D eigenvalue weighted by Crippen LogP contribution is 2.61. The van der Waals surface area contributed by atoms with Gasteiger partial charge < -0.3 is 19.1 Å². The first-order chi connectivity index (χ1) is 14.2. The van der Waals surface area contributed by atoms with E-state index >= 15 is 0 Å². The molecule has 2 bridgehead atoms. The number of nitrogens with zero attached hydrogens (tertiary/aromatic N) is 4. The van der Waals surface area contributed by atoms with Crippen LogP contribution in [-0.2, 0) is 4.74 Å². The van der Waals surface area contributed by atoms with Gasteiger partial charge in [0, 0.05) is 31.6 Å². The Hall–Kier alpha value is -2.29. The fourth-order valence-corrected chi connectivity index (χ4v) is 5.27. The third-order valence-electron chi connectivity index (χ3n) is 7.05. The minimum absolute atomic E-state index is 0.0134. The Bertz CT molecular complexity index is 858. The van der Waals surface area contributed by atoms with Crippen molar-refractivity contribution in [1.29, 1.82) is 0 Å². The second-order valence-corrected chi connectivity index (χ2v) is 10.3. The molecule has 3 atom stereocenters. The van der Waals surface area contributed by atoms with Crippen LogP contribution in [0.4, 0.5) is 9.59 Å². The fraction of sp³-hybridized carbons (Fsp3) is 0.762. The van der Waals surface area contributed by atoms with E-state index in [0.29, 0.717) is 19.6 Å². The molecule has 1 aromatic rings. The number of likely N-dealkylation sites (tertiary alicyclic amines) is 1. The Morgan fingerprint density at radius 2 is 2.10 bits per heavy atom. The van der Waals surface area contributed by atoms with Gasteiger partial charge in [0.2, 0.25) is 0 Å². The van der Waals surface area contributed by atoms with Gasteiger partial charge in [-0.25, -0.2) is 14.7 Å². The minimum atomic E-state index is -0.524. The van der Waals surface area contributed by atoms with Crippen molar-refractivity contribution >= 4 is 12.1 Å². The maximum Gasteiger partial charge on any atom is 0.410 e. The molecule has 3 amide bonds. The normalized spacial score (nSPS) is 30.2. The Morgan fingerprint density at radius 3 is 2.80 bits per heavy atom. The Labute approximate surface area is 175 Å². The van der Waals surface area contributed by atoms with Gasteiger partial charge >= 0.3 is 12.1 Å². The third-order valence-corrected chi connectivity index (χ3v) is 7.05. The lowest BCUT2D eigenvalue weighted by molar-refractivity contribution is -0.0782. The number of hydrogen-bond donors (Lipinski definition) is 1. The largest absolute Gasteiger partial charge is 0.444 e. The molecule has 0 radical (unpaired) electrons. The monoisotopic (exact) mass is 418 g/mol. The number of piperidine rings is 2. The van der Waals surface area contributed by atoms with Crippen LogP contribution in [-0.4, -0.2) is 68.6 Å². The third kappa shape index (κ3) is 3.23. The summed E-state index contributed by atoms with van der Waals surface area (Å²) in [5.74, 6) is 0.806. The summed E-state index contributed by atoms with van der Waals surface area (Å²) in [7, 11) is 0. The maximum absolute atomic E-state index is 12.5. The highest BCUT2D eigenvalue weighted by atomic mass is 16.6. The lowest BCUT2D eigenvalue weighted by atomic mass is 9.84. The van der Waals surface area contributed by atoms with E-state index in [1.54, 1.807) is 9.80 Å². The minimum Gasteiger partial charge on any atom is -0.444 e. The number of aromatic nitrogens is 1. The van der Waals surface area contributed by atoms with Crippen molar-refractivity contribution in [3.05, 3.63) is 17.5 Å². The van der Waals surface area contributed by atoms with Crippen LogP contribution in [0.2, 0.25) is 0 Å². The van der Waals surface area contributed by atoms with Crippen molar-refractivity contribution in [2.45, 2.75) is 76.5 Å². The Kier molecular flexibility index (Phi) is 4.33. The van der Waals surface area contributed by atoms with Crippen molar-refractivity contribution in [3.8, 4) is 0 Å². The van der Waals surface area contributed by atoms with Crippen LogP contribution in [0.25, 0.3) is 0 Å². The highest BCUT2D eigenvalue weighted by molar-refractivity contribution is 5.77. The molecule has 1 saturated carbocycles. The molecule has 1 unspecified atom stereocenters. The standard InChI is InChI=1S/C21H30N4O5/c1-20(2,3)29-19(27)23-8-4-5-13(11-23)16-9-14(22-30-16)15-10-21(6-7-21)17-12-24(15)18(26)25(17)28/h9,13,15,17,28H,4-8,10-12H2,1-3H3/t13?,15-,17+/m0/s1. The first-order valence-electron chi connectivity index (χ1n) is 10.9. The summed E-state index contributed by atoms with van der Waals surface area (Å²) in [5, 5.41) is 15.5. The fourth-order valence-electron chi connectivity index (χ4n) is 5.27. The number of rotatable bonds is 2. The summed E-state index contributed by atoms with van der Waals surface area (Å²) in [6.45, 7) is 7.34. The molecule has 3 aliphatic heterocycles. The van der Waals surface area contributed by atoms with Crippen molar-refractivity contribution < 1.29 is 24.1 Å². The van der Waals surface area contributed by atoms with Crippen LogP contribution in [0.15, 0.2) is 10.6 Å². The van der Waals surface area contributed by atoms with Gasteiger partial charge in [0.05, 0.1) is 12.1 Å². The number of ether oxygens (including phenoxy) is 1. The Morgan fingerprint density at radius 1 is 1.33 bits per heavy atom. The summed E-state index contributed by atoms with van der Waals surface area (Å²) in [6.07, 6.45) is 4.36. The molecule has 4 aliphatic rings. The summed E-state index contributed by atoms with van der Waals surface area (Å²) in [5.41, 5.74) is 0.233. The topological polar surface area (TPSA) is 99.4 Å². The molecule has 1 spiro atoms. The molecular formula is C21H30N4O5. The summed E-state index contributed by atoms with van der Waals surface area (Å²) in [6, 6.07) is 1.33. The predicted molar refractivity (Wildman–Crippen MR) is 105 cm³/mol. The molecule has 0 aromatic carbocycles. The smallest absolute Gasteiger partial charge is 0.410 e. The van der Waals surface area contributed by atoms with Crippen molar-refractivity contribution in [2.24, 2.45) is 5.41 Å². The van der Waals surface area contributed by atoms with Crippen LogP contribution in [0, 0.1) is 5.41 Å². The molecule has 9 heteroatoms. The molecule has 1 N–H and O–H groups in total. The van der Waals surface area contributed by atoms with E-state index in [0.717, 1.165) is 48.6 Å². The van der Waals surface area contributed by atoms with E-state index in [1.807, 2.05) is 26.8 Å². The summed E-state index contributed by atoms with van der Waals surface area (Å²) < 4.78 is 11.2. The lowest BCUT2D eigenvalue weighted by Gasteiger charge is -2.35. The zero-order valence-corrected chi connectivity index (χ0v) is 17.8. The number of hydrogen-bond acceptors (Lipinski definition) is 6. The number of urea groups is 1. The van der Waals surface area contributed by atoms with E-state index in [-0.39, 0.29) is 35.5 Å². The number of carbonyl (C=O) groups excluding carboxylic acids is 2. The Balaban J connectivity index is 1.31. The van der Waals surface area contributed by atoms with Crippen LogP contribution in [0.5, 0.6) is 0 Å². The second kappa shape index (κ2) is 6.60. The van der Waals surface area contributed by atoms with Crippen LogP contribution < -0.4 is 0 Å². The van der Waals surface area contributed by atoms with Crippen LogP contribution >= 0.6 is 0 Å². The molecule has 5 rings (SSSR count). The number of fused-ring (bicyclic) bond motifs is 3. The lowest BCUT2D eigenvalue weighted by Crippen LogP contribution is -2.42. The van der Waals surface area contributed by atoms with Crippen molar-refractivity contribution in [2.75, 3.05) is 19.6 Å². The average Bonchev–Trinajstić information content (AvgIpc) is 3.19. The molecule has 9 nitrogen and oxygen atoms in total. The quantitative estimate of drug-likeness (QED) is 0.738. The average molecular weight is 418 g/mol. The second-order valence-electron chi connectivity index (χ2n) is 10.3. The van der Waals surface area contributed by atoms with Crippen molar-refractivity contribution in [3.63, 3.8) is 0 Å². The van der Waals surface area contributed by atoms with Gasteiger partial charge in [0.15, 0.2) is 0 Å². The van der Waals surface area contributed by atoms with Gasteiger partial charge in [-0.15, -0.1) is 0 Å². The van der Waals surface area contributed by atoms with Gasteiger partial charge in [-0.2, -0.15) is 0 Å². The van der Waals surface area contributed by atoms with Crippen LogP contribution in [0.3, 0.4) is 0 Å². The zero-order valence-electron chi connectivity index (χ0n) is 17.8. The van der Waals surface area contributed by atoms with E-state index in [9.17, 15) is 14.8 Å². The molecular weight excluding hydrogens is 388 g/mol. The first kappa shape index (κ1) is 19.7. The van der Waals surface area contributed by atoms with Gasteiger partial charge in [-0.1, -0.05) is 5.16 Å². The van der Waals surface area contributed by atoms with Crippen molar-refractivity contribution in [1.82, 2.24) is 20.0 Å². The number of hydroxylamine groups is 2. The van der Waals surface area contributed by atoms with Crippen LogP contribution in [0.1, 0.15) is 76.3 Å². The van der Waals surface area contributed by atoms with E-state index in [2.05, 4.69) is 5.16 Å². The molecule has 1 aromatic heterocycles. The molecule has 4 heterocycles. The van der Waals surface area contributed by atoms with Gasteiger partial charge in [-0.05, 0) is 58.3 Å². The predicted octanol–water partition coefficient (Wildman–Crippen LogP) is 3.51. The van der Waals surface area contributed by atoms with E-state index < -0.39 is 5.60 Å². The van der Waals surface area contributed by atoms with E-state index in [1.165, 1.54) is 0 Å². The van der Waals surface area contributed by atoms with Gasteiger partial charge in [0.1, 0.15) is 17.1 Å². The first-order valence-corrected chi connectivity index (χ1v) is 10.9. The van der Waals surface area contributed by atoms with Gasteiger partial charge in [0.25, 0.3) is 0 Å². The zero-order chi connectivity index (χ0) is 21.3. The summed E-state index contributed by atoms with van der Waals surface area (Å²) in [4.78, 5) is 28.4. The number of amides is 3. The number of carbonyl (C=O) groups is 2. The molecule has 3 saturated heterocycles. The molecule has 164 valence electrons. The SMILES string of the molecule is CC(C)(C)OC(=O)N1CCCC(c2cc([C@@H]3CC4(CC4)[C@H]4CN3C(=O)N4O)no2)C1. The molecule has 1 aliphatic carbocycles. The molecule has 30 heavy (non-hydrogen) atoms. The molecule has 4 fully saturated rings. The van der Waals surface area contributed by atoms with Gasteiger partial charge in [-0.3, -0.25) is 5.21 Å². The highest BCUT2D eigenvalue weighted by Gasteiger charge is 2.63. The maximum atomic E-state index is 12.5.